The molecule has 4 bridgehead atoms. The molecule has 6 fully saturated rings. The molecule has 8 aromatic rings. The van der Waals surface area contributed by atoms with Crippen molar-refractivity contribution in [3.63, 3.8) is 0 Å². The van der Waals surface area contributed by atoms with Crippen molar-refractivity contribution >= 4 is 70.3 Å². The zero-order valence-corrected chi connectivity index (χ0v) is 45.6. The van der Waals surface area contributed by atoms with Crippen LogP contribution < -0.4 is 11.1 Å². The van der Waals surface area contributed by atoms with Gasteiger partial charge in [-0.25, -0.2) is 72.2 Å². The van der Waals surface area contributed by atoms with Gasteiger partial charge in [-0.15, -0.1) is 0 Å². The minimum absolute atomic E-state index is 0.0121. The maximum Gasteiger partial charge on any atom is 0.269 e. The van der Waals surface area contributed by atoms with Crippen LogP contribution in [0.25, 0.3) is 44.8 Å². The third kappa shape index (κ3) is 11.2. The van der Waals surface area contributed by atoms with E-state index in [2.05, 4.69) is 35.2 Å². The van der Waals surface area contributed by atoms with Gasteiger partial charge in [0.15, 0.2) is 45.4 Å². The normalized spacial score (nSPS) is 35.2. The number of halogens is 4. The van der Waals surface area contributed by atoms with E-state index in [9.17, 15) is 43.8 Å². The van der Waals surface area contributed by atoms with Crippen LogP contribution in [0.5, 0.6) is 0 Å². The van der Waals surface area contributed by atoms with Gasteiger partial charge in [0, 0.05) is 86.4 Å². The topological polar surface area (TPSA) is 245 Å². The van der Waals surface area contributed by atoms with Crippen LogP contribution in [0, 0.1) is 72.5 Å². The summed E-state index contributed by atoms with van der Waals surface area (Å²) in [5, 5.41) is 2.18. The number of rotatable bonds is 11. The number of anilines is 1. The van der Waals surface area contributed by atoms with Gasteiger partial charge in [-0.05, 0) is 139 Å². The van der Waals surface area contributed by atoms with Crippen LogP contribution in [0.15, 0.2) is 113 Å². The zero-order valence-electron chi connectivity index (χ0n) is 59.1. The number of ketones is 2. The van der Waals surface area contributed by atoms with E-state index in [4.69, 9.17) is 27.7 Å². The lowest BCUT2D eigenvalue weighted by atomic mass is 9.60. The van der Waals surface area contributed by atoms with Crippen LogP contribution in [-0.4, -0.2) is 88.8 Å². The number of nitrogens with zero attached hydrogens (tertiary/aromatic N) is 8. The Morgan fingerprint density at radius 1 is 0.642 bits per heavy atom. The average molecular weight is 1180 g/mol. The Bertz CT molecular complexity index is 4830. The van der Waals surface area contributed by atoms with Crippen LogP contribution in [0.3, 0.4) is 0 Å². The van der Waals surface area contributed by atoms with Gasteiger partial charge in [0.05, 0.1) is 45.4 Å². The lowest BCUT2D eigenvalue weighted by Crippen LogP contribution is -2.51. The standard InChI is InChI=1S/C28H27F2N5O3S.C19H14F2N4O3S2.C10H17NO/c1-15-3-9-20(10-4-15)39(37,38)35-14-22(21-11-19(29)12-32-28(21)35)26-31-13-23(30)27(34-26)33-25-18-7-5-17(6-8-18)24(25)16(2)36;1-11-3-5-13(6-4-11)30(27,28)25-10-15(14-7-12(20)8-23-18(14)25)17-22-9-16(21)19(24-17)29(2)26;1-6(12)9-7-2-4-8(5-3-7)10(9)11/h3-4,9-14,17-18,24-25H,5-8H2,1-2H3,(H,31,33,34);3-10H,1-2H3;7-10H,2-5,11H2,1H3/t17?,18?,24-,25-;;7?,8?,9-,10-/m0.0/s1/i5D,6D2,7D,8D2,17D,18D;;2D,3D2,4D,5D2,7D,8D/t5?,7?,17?,18?,24-,25-;;2?,4?,7?,8?,9-,10-. The maximum absolute atomic E-state index is 15.4. The second-order valence-corrected chi connectivity index (χ2v) is 23.8. The molecular formula is C57H58F4N10O7S3. The molecule has 6 aromatic heterocycles. The predicted octanol–water partition coefficient (Wildman–Crippen LogP) is 9.52. The second kappa shape index (κ2) is 22.7. The average Bonchev–Trinajstić information content (AvgIpc) is 1.29. The number of carbonyl (C=O) groups is 2. The Kier molecular flexibility index (Phi) is 11.2. The fraction of sp³-hybridized carbons (Fsp3) is 0.368. The molecule has 9 unspecified atom stereocenters. The fourth-order valence-corrected chi connectivity index (χ4v) is 12.5. The van der Waals surface area contributed by atoms with Gasteiger partial charge in [-0.3, -0.25) is 13.8 Å². The van der Waals surface area contributed by atoms with E-state index < -0.39 is 170 Å². The molecule has 0 radical (unpaired) electrons. The first-order valence-corrected chi connectivity index (χ1v) is 28.7. The summed E-state index contributed by atoms with van der Waals surface area (Å²) in [7, 11) is -10.1. The highest BCUT2D eigenvalue weighted by Crippen LogP contribution is 2.47. The molecular weight excluding hydrogens is 1110 g/mol. The van der Waals surface area contributed by atoms with Crippen molar-refractivity contribution in [2.24, 2.45) is 41.1 Å². The van der Waals surface area contributed by atoms with Crippen molar-refractivity contribution < 1.29 is 70.1 Å². The SMILES string of the molecule is Cc1ccc(S(=O)(=O)n2cc(-c3ncc(F)c(S(C)=O)n3)c3cc(F)cnc32)cc1.[2H]C1C([2H])C2([2H])[C@H](C(C)=O)[C@@H](N)C1([2H])C([2H])([2H])C2([2H])[2H].[2H]C1C([2H])C2([2H])[C@H](C(C)=O)[C@@H](Nc3nc(-c4cn(S(=O)(=O)c5ccc(C)cc5)c5ncc(F)cc45)ncc3F)C1([2H])C([2H])([2H])C2([2H])[2H]. The summed E-state index contributed by atoms with van der Waals surface area (Å²) < 4.78 is 258. The molecule has 24 heteroatoms. The zero-order chi connectivity index (χ0) is 72.2. The van der Waals surface area contributed by atoms with Gasteiger partial charge < -0.3 is 11.1 Å². The first-order chi connectivity index (χ1) is 44.7. The molecule has 6 aliphatic rings. The molecule has 81 heavy (non-hydrogen) atoms. The Labute approximate surface area is 490 Å². The number of Topliss-reactive ketones (excluding diaryl/α,β-unsaturated/α-hetero) is 2. The molecule has 0 amide bonds. The van der Waals surface area contributed by atoms with Crippen LogP contribution in [-0.2, 0) is 40.4 Å². The highest BCUT2D eigenvalue weighted by molar-refractivity contribution is 7.90. The Balaban J connectivity index is 0.000000174. The number of aryl methyl sites for hydroxylation is 2. The van der Waals surface area contributed by atoms with Crippen molar-refractivity contribution in [2.45, 2.75) is 106 Å². The molecule has 13 atom stereocenters. The minimum atomic E-state index is -4.31. The fourth-order valence-electron chi connectivity index (χ4n) is 9.28. The summed E-state index contributed by atoms with van der Waals surface area (Å²) in [5.41, 5.74) is 7.22. The van der Waals surface area contributed by atoms with E-state index in [1.807, 2.05) is 6.92 Å². The van der Waals surface area contributed by atoms with Gasteiger partial charge >= 0.3 is 0 Å². The Hall–Kier alpha value is -7.15. The van der Waals surface area contributed by atoms with Crippen molar-refractivity contribution in [1.29, 1.82) is 0 Å². The summed E-state index contributed by atoms with van der Waals surface area (Å²) in [6, 6.07) is 10.8. The van der Waals surface area contributed by atoms with E-state index in [-0.39, 0.29) is 59.7 Å². The highest BCUT2D eigenvalue weighted by atomic mass is 32.2. The number of hydrogen-bond donors (Lipinski definition) is 2. The van der Waals surface area contributed by atoms with Gasteiger partial charge in [-0.1, -0.05) is 35.4 Å². The van der Waals surface area contributed by atoms with Gasteiger partial charge in [-0.2, -0.15) is 0 Å². The second-order valence-electron chi connectivity index (χ2n) is 18.9. The molecule has 6 heterocycles. The molecule has 0 saturated heterocycles. The molecule has 6 saturated carbocycles. The molecule has 17 nitrogen and oxygen atoms in total. The lowest BCUT2D eigenvalue weighted by Gasteiger charge is -2.48. The molecule has 0 aliphatic heterocycles. The van der Waals surface area contributed by atoms with Crippen LogP contribution in [0.2, 0.25) is 0 Å². The molecule has 0 spiro atoms. The van der Waals surface area contributed by atoms with E-state index >= 15 is 4.39 Å². The number of benzene rings is 2. The van der Waals surface area contributed by atoms with Crippen molar-refractivity contribution in [2.75, 3.05) is 11.6 Å². The molecule has 424 valence electrons. The first-order valence-electron chi connectivity index (χ1n) is 32.6. The largest absolute Gasteiger partial charge is 0.364 e. The van der Waals surface area contributed by atoms with Gasteiger partial charge in [0.1, 0.15) is 23.2 Å². The van der Waals surface area contributed by atoms with Crippen LogP contribution in [0.4, 0.5) is 23.4 Å². The smallest absolute Gasteiger partial charge is 0.269 e. The quantitative estimate of drug-likeness (QED) is 0.0904. The van der Waals surface area contributed by atoms with Crippen molar-refractivity contribution in [1.82, 2.24) is 37.8 Å². The van der Waals surface area contributed by atoms with Crippen LogP contribution in [0.1, 0.15) is 98.0 Å². The third-order valence-electron chi connectivity index (χ3n) is 13.3. The first kappa shape index (κ1) is 40.1. The van der Waals surface area contributed by atoms with Crippen LogP contribution >= 0.6 is 0 Å². The predicted molar refractivity (Wildman–Crippen MR) is 296 cm³/mol. The molecule has 2 aromatic carbocycles. The van der Waals surface area contributed by atoms with Crippen molar-refractivity contribution in [3.8, 4) is 22.8 Å². The lowest BCUT2D eigenvalue weighted by molar-refractivity contribution is -0.127. The highest BCUT2D eigenvalue weighted by Gasteiger charge is 2.46. The molecule has 14 rings (SSSR count). The molecule has 3 N–H and O–H groups in total. The number of pyridine rings is 2. The number of carbonyl (C=O) groups excluding carboxylic acids is 2. The number of fused-ring (bicyclic) bond motifs is 8. The summed E-state index contributed by atoms with van der Waals surface area (Å²) in [6.45, 7) is 5.67. The van der Waals surface area contributed by atoms with E-state index in [1.165, 1.54) is 36.7 Å². The monoisotopic (exact) mass is 1180 g/mol. The van der Waals surface area contributed by atoms with E-state index in [0.717, 1.165) is 69.8 Å². The summed E-state index contributed by atoms with van der Waals surface area (Å²) in [4.78, 5) is 48.4. The van der Waals surface area contributed by atoms with E-state index in [0.29, 0.717) is 6.20 Å². The van der Waals surface area contributed by atoms with E-state index in [1.54, 1.807) is 31.2 Å². The number of nitrogens with one attached hydrogen (secondary N) is 1. The minimum Gasteiger partial charge on any atom is -0.364 e. The summed E-state index contributed by atoms with van der Waals surface area (Å²) in [5.74, 6) is -20.4. The Morgan fingerprint density at radius 3 is 1.57 bits per heavy atom. The van der Waals surface area contributed by atoms with Gasteiger partial charge in [0.25, 0.3) is 20.0 Å². The number of nitrogens with two attached hydrogens (primary N) is 1. The Morgan fingerprint density at radius 2 is 1.07 bits per heavy atom. The molecule has 6 aliphatic carbocycles. The summed E-state index contributed by atoms with van der Waals surface area (Å²) in [6.07, 6.45) is -13.1. The summed E-state index contributed by atoms with van der Waals surface area (Å²) >= 11 is 0. The number of hydrogen-bond acceptors (Lipinski definition) is 15. The van der Waals surface area contributed by atoms with Gasteiger partial charge in [0.2, 0.25) is 0 Å². The van der Waals surface area contributed by atoms with Crippen molar-refractivity contribution in [3.05, 3.63) is 132 Å². The maximum atomic E-state index is 15.4. The third-order valence-corrected chi connectivity index (χ3v) is 17.5. The number of aromatic nitrogens is 8.